The first-order valence-corrected chi connectivity index (χ1v) is 10.3. The van der Waals surface area contributed by atoms with Gasteiger partial charge >= 0.3 is 0 Å². The van der Waals surface area contributed by atoms with E-state index in [1.807, 2.05) is 13.8 Å². The fourth-order valence-electron chi connectivity index (χ4n) is 0.707. The van der Waals surface area contributed by atoms with Gasteiger partial charge in [0, 0.05) is 0 Å². The van der Waals surface area contributed by atoms with Gasteiger partial charge in [0.05, 0.1) is 0 Å². The average Bonchev–Trinajstić information content (AvgIpc) is 1.64. The molecule has 0 aliphatic carbocycles. The summed E-state index contributed by atoms with van der Waals surface area (Å²) in [4.78, 5) is 0. The summed E-state index contributed by atoms with van der Waals surface area (Å²) < 4.78 is 5.72. The second-order valence-corrected chi connectivity index (χ2v) is 10.5. The van der Waals surface area contributed by atoms with Crippen LogP contribution in [0.3, 0.4) is 0 Å². The molecule has 0 aliphatic rings. The Morgan fingerprint density at radius 3 is 1.30 bits per heavy atom. The first-order chi connectivity index (χ1) is 4.42. The first kappa shape index (κ1) is 13.0. The molecule has 0 aromatic rings. The molecule has 0 fully saturated rings. The molecule has 0 atom stereocenters. The van der Waals surface area contributed by atoms with Gasteiger partial charge in [0.15, 0.2) is 17.4 Å². The van der Waals surface area contributed by atoms with E-state index < -0.39 is 17.4 Å². The third kappa shape index (κ3) is 15.8. The Morgan fingerprint density at radius 2 is 1.30 bits per heavy atom. The largest absolute Gasteiger partial charge is 0.458 e. The molecule has 0 aromatic carbocycles. The molecule has 0 rings (SSSR count). The Hall–Kier alpha value is 0.394. The average molecular weight is 178 g/mol. The van der Waals surface area contributed by atoms with Gasteiger partial charge in [0.1, 0.15) is 0 Å². The van der Waals surface area contributed by atoms with Gasteiger partial charge in [-0.3, -0.25) is 0 Å². The summed E-state index contributed by atoms with van der Waals surface area (Å²) >= 11 is 0. The topological polar surface area (TPSA) is 9.23 Å². The Labute approximate surface area is 68.7 Å². The van der Waals surface area contributed by atoms with Crippen LogP contribution in [0.15, 0.2) is 0 Å². The monoisotopic (exact) mass is 178 g/mol. The third-order valence-electron chi connectivity index (χ3n) is 0.589. The van der Waals surface area contributed by atoms with E-state index in [9.17, 15) is 0 Å². The summed E-state index contributed by atoms with van der Waals surface area (Å²) in [6, 6.07) is 0. The van der Waals surface area contributed by atoms with Crippen LogP contribution in [0.2, 0.25) is 32.7 Å². The molecule has 0 aromatic heterocycles. The molecule has 0 aliphatic heterocycles. The van der Waals surface area contributed by atoms with Crippen molar-refractivity contribution in [2.24, 2.45) is 0 Å². The highest BCUT2D eigenvalue weighted by Crippen LogP contribution is 2.03. The Balaban J connectivity index is 0. The summed E-state index contributed by atoms with van der Waals surface area (Å²) in [5.41, 5.74) is 0. The molecule has 0 heterocycles. The van der Waals surface area contributed by atoms with Crippen molar-refractivity contribution in [1.82, 2.24) is 0 Å². The van der Waals surface area contributed by atoms with Crippen LogP contribution in [-0.2, 0) is 4.12 Å². The van der Waals surface area contributed by atoms with Crippen molar-refractivity contribution in [1.29, 1.82) is 0 Å². The standard InChI is InChI=1S/C5H16OSi2.C2H6/c1-7(2)6-8(3,4)5;1-2/h7H,1-5H3;1-2H3. The molecule has 3 heteroatoms. The van der Waals surface area contributed by atoms with Crippen LogP contribution in [0, 0.1) is 0 Å². The van der Waals surface area contributed by atoms with Crippen LogP contribution in [-0.4, -0.2) is 17.4 Å². The van der Waals surface area contributed by atoms with E-state index in [4.69, 9.17) is 4.12 Å². The lowest BCUT2D eigenvalue weighted by Gasteiger charge is -2.19. The Morgan fingerprint density at radius 1 is 1.00 bits per heavy atom. The fourth-order valence-corrected chi connectivity index (χ4v) is 6.36. The van der Waals surface area contributed by atoms with E-state index >= 15 is 0 Å². The van der Waals surface area contributed by atoms with E-state index in [1.165, 1.54) is 0 Å². The van der Waals surface area contributed by atoms with Gasteiger partial charge in [-0.25, -0.2) is 0 Å². The minimum absolute atomic E-state index is 0.734. The van der Waals surface area contributed by atoms with Crippen molar-refractivity contribution >= 4 is 17.4 Å². The van der Waals surface area contributed by atoms with E-state index in [-0.39, 0.29) is 0 Å². The SMILES string of the molecule is CC.C[SiH](C)O[Si](C)(C)C. The smallest absolute Gasteiger partial charge is 0.170 e. The van der Waals surface area contributed by atoms with Crippen molar-refractivity contribution in [3.63, 3.8) is 0 Å². The molecule has 10 heavy (non-hydrogen) atoms. The third-order valence-corrected chi connectivity index (χ3v) is 5.30. The van der Waals surface area contributed by atoms with Crippen LogP contribution in [0.5, 0.6) is 0 Å². The zero-order chi connectivity index (χ0) is 8.78. The van der Waals surface area contributed by atoms with Crippen LogP contribution < -0.4 is 0 Å². The maximum Gasteiger partial charge on any atom is 0.170 e. The lowest BCUT2D eigenvalue weighted by Crippen LogP contribution is -2.31. The highest BCUT2D eigenvalue weighted by molar-refractivity contribution is 6.76. The van der Waals surface area contributed by atoms with Gasteiger partial charge in [-0.15, -0.1) is 0 Å². The van der Waals surface area contributed by atoms with Gasteiger partial charge in [0.25, 0.3) is 0 Å². The highest BCUT2D eigenvalue weighted by atomic mass is 28.4. The number of rotatable bonds is 2. The maximum absolute atomic E-state index is 5.72. The fraction of sp³-hybridized carbons (Fsp3) is 1.00. The van der Waals surface area contributed by atoms with Crippen molar-refractivity contribution in [2.45, 2.75) is 46.6 Å². The van der Waals surface area contributed by atoms with Crippen LogP contribution in [0.1, 0.15) is 13.8 Å². The predicted octanol–water partition coefficient (Wildman–Crippen LogP) is 2.85. The second-order valence-electron chi connectivity index (χ2n) is 3.28. The van der Waals surface area contributed by atoms with Gasteiger partial charge in [-0.1, -0.05) is 13.8 Å². The summed E-state index contributed by atoms with van der Waals surface area (Å²) in [6.07, 6.45) is 0. The second kappa shape index (κ2) is 6.13. The molecule has 0 saturated carbocycles. The highest BCUT2D eigenvalue weighted by Gasteiger charge is 2.14. The molecule has 0 spiro atoms. The number of hydrogen-bond donors (Lipinski definition) is 0. The van der Waals surface area contributed by atoms with Crippen molar-refractivity contribution < 1.29 is 4.12 Å². The van der Waals surface area contributed by atoms with E-state index in [0.29, 0.717) is 0 Å². The minimum Gasteiger partial charge on any atom is -0.458 e. The van der Waals surface area contributed by atoms with Crippen molar-refractivity contribution in [3.05, 3.63) is 0 Å². The van der Waals surface area contributed by atoms with E-state index in [0.717, 1.165) is 0 Å². The summed E-state index contributed by atoms with van der Waals surface area (Å²) in [5, 5.41) is 0. The first-order valence-electron chi connectivity index (χ1n) is 4.09. The molecule has 0 amide bonds. The minimum atomic E-state index is -1.16. The zero-order valence-corrected chi connectivity index (χ0v) is 10.6. The van der Waals surface area contributed by atoms with Crippen molar-refractivity contribution in [3.8, 4) is 0 Å². The molecule has 0 radical (unpaired) electrons. The Kier molecular flexibility index (Phi) is 7.98. The van der Waals surface area contributed by atoms with Crippen LogP contribution >= 0.6 is 0 Å². The van der Waals surface area contributed by atoms with Crippen LogP contribution in [0.4, 0.5) is 0 Å². The van der Waals surface area contributed by atoms with Gasteiger partial charge < -0.3 is 4.12 Å². The lowest BCUT2D eigenvalue weighted by atomic mass is 11.0. The quantitative estimate of drug-likeness (QED) is 0.591. The number of hydrogen-bond acceptors (Lipinski definition) is 1. The van der Waals surface area contributed by atoms with Gasteiger partial charge in [0.2, 0.25) is 0 Å². The molecular weight excluding hydrogens is 156 g/mol. The molecule has 0 bridgehead atoms. The maximum atomic E-state index is 5.72. The predicted molar refractivity (Wildman–Crippen MR) is 54.7 cm³/mol. The molecule has 64 valence electrons. The molecule has 0 unspecified atom stereocenters. The summed E-state index contributed by atoms with van der Waals surface area (Å²) in [5.74, 6) is 0. The molecule has 0 saturated heterocycles. The lowest BCUT2D eigenvalue weighted by molar-refractivity contribution is 0.583. The summed E-state index contributed by atoms with van der Waals surface area (Å²) in [6.45, 7) is 15.1. The normalized spacial score (nSPS) is 10.8. The Bertz CT molecular complexity index is 66.5. The molecule has 1 nitrogen and oxygen atoms in total. The molecule has 0 N–H and O–H groups in total. The van der Waals surface area contributed by atoms with Gasteiger partial charge in [-0.05, 0) is 32.7 Å². The zero-order valence-electron chi connectivity index (χ0n) is 8.49. The summed E-state index contributed by atoms with van der Waals surface area (Å²) in [7, 11) is -1.89. The van der Waals surface area contributed by atoms with Crippen LogP contribution in [0.25, 0.3) is 0 Å². The van der Waals surface area contributed by atoms with Gasteiger partial charge in [-0.2, -0.15) is 0 Å². The van der Waals surface area contributed by atoms with Crippen molar-refractivity contribution in [2.75, 3.05) is 0 Å². The van der Waals surface area contributed by atoms with E-state index in [2.05, 4.69) is 32.7 Å². The van der Waals surface area contributed by atoms with E-state index in [1.54, 1.807) is 0 Å². The molecular formula is C7H22OSi2.